The smallest absolute Gasteiger partial charge is 0.193 e. The normalized spacial score (nSPS) is 20.0. The number of aliphatic imine (C=N–C) groups is 1. The molecule has 2 aliphatic rings. The Morgan fingerprint density at radius 2 is 1.74 bits per heavy atom. The molecule has 0 atom stereocenters. The fraction of sp³-hybridized carbons (Fsp3) is 0.667. The Balaban J connectivity index is 1.41. The predicted octanol–water partition coefficient (Wildman–Crippen LogP) is 2.12. The Bertz CT molecular complexity index is 587. The molecule has 0 amide bonds. The van der Waals surface area contributed by atoms with E-state index in [0.717, 1.165) is 50.4 Å². The van der Waals surface area contributed by atoms with Crippen LogP contribution in [0.5, 0.6) is 5.75 Å². The Morgan fingerprint density at radius 3 is 2.33 bits per heavy atom. The quantitative estimate of drug-likeness (QED) is 0.633. The van der Waals surface area contributed by atoms with E-state index in [1.165, 1.54) is 38.0 Å². The first-order valence-corrected chi connectivity index (χ1v) is 10.2. The second-order valence-electron chi connectivity index (χ2n) is 7.68. The Kier molecular flexibility index (Phi) is 7.21. The zero-order chi connectivity index (χ0) is 19.1. The van der Waals surface area contributed by atoms with Crippen LogP contribution in [0.25, 0.3) is 0 Å². The van der Waals surface area contributed by atoms with Crippen molar-refractivity contribution in [3.63, 3.8) is 0 Å². The van der Waals surface area contributed by atoms with Gasteiger partial charge in [-0.15, -0.1) is 0 Å². The van der Waals surface area contributed by atoms with Crippen LogP contribution < -0.4 is 15.0 Å². The summed E-state index contributed by atoms with van der Waals surface area (Å²) in [5, 5.41) is 3.59. The molecule has 2 saturated heterocycles. The Morgan fingerprint density at radius 1 is 1.07 bits per heavy atom. The van der Waals surface area contributed by atoms with Gasteiger partial charge >= 0.3 is 0 Å². The van der Waals surface area contributed by atoms with Gasteiger partial charge in [0.15, 0.2) is 5.96 Å². The van der Waals surface area contributed by atoms with Crippen molar-refractivity contribution in [2.75, 3.05) is 71.9 Å². The van der Waals surface area contributed by atoms with Gasteiger partial charge in [0.25, 0.3) is 0 Å². The van der Waals surface area contributed by atoms with Crippen molar-refractivity contribution in [2.24, 2.45) is 10.9 Å². The number of methoxy groups -OCH3 is 1. The van der Waals surface area contributed by atoms with E-state index in [9.17, 15) is 0 Å². The topological polar surface area (TPSA) is 43.3 Å². The molecule has 1 aromatic carbocycles. The summed E-state index contributed by atoms with van der Waals surface area (Å²) in [5.41, 5.74) is 1.26. The van der Waals surface area contributed by atoms with Crippen molar-refractivity contribution in [1.29, 1.82) is 0 Å². The molecule has 2 fully saturated rings. The standard InChI is InChI=1S/C21H35N5O/c1-22-21(23-11-8-18-9-12-24(2)13-10-18)26-16-14-25(15-17-26)19-4-6-20(27-3)7-5-19/h4-7,18H,8-17H2,1-3H3,(H,22,23). The number of anilines is 1. The molecular formula is C21H35N5O. The molecule has 0 bridgehead atoms. The van der Waals surface area contributed by atoms with Gasteiger partial charge in [0, 0.05) is 45.5 Å². The van der Waals surface area contributed by atoms with Gasteiger partial charge in [0.2, 0.25) is 0 Å². The number of piperazine rings is 1. The number of nitrogens with zero attached hydrogens (tertiary/aromatic N) is 4. The number of hydrogen-bond donors (Lipinski definition) is 1. The van der Waals surface area contributed by atoms with Crippen LogP contribution in [0, 0.1) is 5.92 Å². The molecule has 3 rings (SSSR count). The summed E-state index contributed by atoms with van der Waals surface area (Å²) in [4.78, 5) is 11.8. The highest BCUT2D eigenvalue weighted by molar-refractivity contribution is 5.80. The summed E-state index contributed by atoms with van der Waals surface area (Å²) in [6.07, 6.45) is 3.91. The van der Waals surface area contributed by atoms with Crippen LogP contribution in [0.1, 0.15) is 19.3 Å². The van der Waals surface area contributed by atoms with Crippen LogP contribution in [0.3, 0.4) is 0 Å². The molecule has 150 valence electrons. The number of ether oxygens (including phenoxy) is 1. The predicted molar refractivity (Wildman–Crippen MR) is 113 cm³/mol. The third-order valence-corrected chi connectivity index (χ3v) is 5.90. The molecule has 0 saturated carbocycles. The van der Waals surface area contributed by atoms with Crippen LogP contribution >= 0.6 is 0 Å². The van der Waals surface area contributed by atoms with Crippen LogP contribution in [-0.2, 0) is 0 Å². The first kappa shape index (κ1) is 19.8. The summed E-state index contributed by atoms with van der Waals surface area (Å²) in [7, 11) is 5.83. The molecule has 6 nitrogen and oxygen atoms in total. The fourth-order valence-corrected chi connectivity index (χ4v) is 4.04. The molecular weight excluding hydrogens is 338 g/mol. The first-order chi connectivity index (χ1) is 13.2. The second-order valence-corrected chi connectivity index (χ2v) is 7.68. The zero-order valence-corrected chi connectivity index (χ0v) is 17.2. The van der Waals surface area contributed by atoms with E-state index in [1.807, 2.05) is 19.2 Å². The number of likely N-dealkylation sites (tertiary alicyclic amines) is 1. The van der Waals surface area contributed by atoms with Crippen LogP contribution in [-0.4, -0.2) is 82.8 Å². The minimum atomic E-state index is 0.860. The van der Waals surface area contributed by atoms with E-state index in [-0.39, 0.29) is 0 Å². The lowest BCUT2D eigenvalue weighted by Gasteiger charge is -2.38. The largest absolute Gasteiger partial charge is 0.497 e. The molecule has 2 aliphatic heterocycles. The summed E-state index contributed by atoms with van der Waals surface area (Å²) in [6, 6.07) is 8.35. The molecule has 6 heteroatoms. The average molecular weight is 374 g/mol. The summed E-state index contributed by atoms with van der Waals surface area (Å²) >= 11 is 0. The minimum Gasteiger partial charge on any atom is -0.497 e. The summed E-state index contributed by atoms with van der Waals surface area (Å²) in [5.74, 6) is 2.82. The lowest BCUT2D eigenvalue weighted by molar-refractivity contribution is 0.212. The van der Waals surface area contributed by atoms with Crippen molar-refractivity contribution in [3.8, 4) is 5.75 Å². The number of guanidine groups is 1. The number of hydrogen-bond acceptors (Lipinski definition) is 4. The van der Waals surface area contributed by atoms with E-state index in [4.69, 9.17) is 4.74 Å². The van der Waals surface area contributed by atoms with Gasteiger partial charge in [-0.05, 0) is 69.6 Å². The molecule has 0 radical (unpaired) electrons. The lowest BCUT2D eigenvalue weighted by atomic mass is 9.94. The maximum absolute atomic E-state index is 5.25. The van der Waals surface area contributed by atoms with E-state index >= 15 is 0 Å². The van der Waals surface area contributed by atoms with Gasteiger partial charge < -0.3 is 24.8 Å². The molecule has 1 aromatic rings. The van der Waals surface area contributed by atoms with E-state index in [2.05, 4.69) is 44.2 Å². The van der Waals surface area contributed by atoms with Crippen molar-refractivity contribution < 1.29 is 4.74 Å². The highest BCUT2D eigenvalue weighted by Gasteiger charge is 2.21. The summed E-state index contributed by atoms with van der Waals surface area (Å²) in [6.45, 7) is 7.54. The fourth-order valence-electron chi connectivity index (χ4n) is 4.04. The van der Waals surface area contributed by atoms with Gasteiger partial charge in [-0.1, -0.05) is 0 Å². The van der Waals surface area contributed by atoms with Crippen molar-refractivity contribution in [1.82, 2.24) is 15.1 Å². The first-order valence-electron chi connectivity index (χ1n) is 10.2. The van der Waals surface area contributed by atoms with Gasteiger partial charge in [-0.3, -0.25) is 4.99 Å². The van der Waals surface area contributed by atoms with Crippen LogP contribution in [0.15, 0.2) is 29.3 Å². The third-order valence-electron chi connectivity index (χ3n) is 5.90. The number of piperidine rings is 1. The maximum atomic E-state index is 5.25. The van der Waals surface area contributed by atoms with Gasteiger partial charge in [0.1, 0.15) is 5.75 Å². The van der Waals surface area contributed by atoms with Crippen molar-refractivity contribution >= 4 is 11.6 Å². The molecule has 2 heterocycles. The van der Waals surface area contributed by atoms with Crippen LogP contribution in [0.2, 0.25) is 0 Å². The van der Waals surface area contributed by atoms with Crippen molar-refractivity contribution in [3.05, 3.63) is 24.3 Å². The molecule has 0 aliphatic carbocycles. The third kappa shape index (κ3) is 5.51. The van der Waals surface area contributed by atoms with Crippen molar-refractivity contribution in [2.45, 2.75) is 19.3 Å². The highest BCUT2D eigenvalue weighted by atomic mass is 16.5. The number of benzene rings is 1. The SMILES string of the molecule is CN=C(NCCC1CCN(C)CC1)N1CCN(c2ccc(OC)cc2)CC1. The number of rotatable bonds is 5. The molecule has 0 aromatic heterocycles. The van der Waals surface area contributed by atoms with Gasteiger partial charge in [-0.25, -0.2) is 0 Å². The molecule has 0 unspecified atom stereocenters. The van der Waals surface area contributed by atoms with E-state index in [0.29, 0.717) is 0 Å². The average Bonchev–Trinajstić information content (AvgIpc) is 2.73. The molecule has 27 heavy (non-hydrogen) atoms. The minimum absolute atomic E-state index is 0.860. The summed E-state index contributed by atoms with van der Waals surface area (Å²) < 4.78 is 5.25. The maximum Gasteiger partial charge on any atom is 0.193 e. The lowest BCUT2D eigenvalue weighted by Crippen LogP contribution is -2.52. The Hall–Kier alpha value is -1.95. The zero-order valence-electron chi connectivity index (χ0n) is 17.2. The van der Waals surface area contributed by atoms with Gasteiger partial charge in [0.05, 0.1) is 7.11 Å². The second kappa shape index (κ2) is 9.83. The molecule has 0 spiro atoms. The Labute approximate surface area is 164 Å². The highest BCUT2D eigenvalue weighted by Crippen LogP contribution is 2.21. The van der Waals surface area contributed by atoms with Gasteiger partial charge in [-0.2, -0.15) is 0 Å². The molecule has 1 N–H and O–H groups in total. The van der Waals surface area contributed by atoms with Crippen LogP contribution in [0.4, 0.5) is 5.69 Å². The van der Waals surface area contributed by atoms with E-state index in [1.54, 1.807) is 7.11 Å². The monoisotopic (exact) mass is 373 g/mol. The number of nitrogens with one attached hydrogen (secondary N) is 1. The van der Waals surface area contributed by atoms with E-state index < -0.39 is 0 Å².